The van der Waals surface area contributed by atoms with Gasteiger partial charge in [0.15, 0.2) is 11.5 Å². The summed E-state index contributed by atoms with van der Waals surface area (Å²) in [6.45, 7) is 5.40. The number of hydrogen-bond acceptors (Lipinski definition) is 4. The first-order chi connectivity index (χ1) is 8.52. The van der Waals surface area contributed by atoms with E-state index in [-0.39, 0.29) is 12.0 Å². The molecule has 1 N–H and O–H groups in total. The number of halogens is 3. The van der Waals surface area contributed by atoms with Crippen molar-refractivity contribution in [1.82, 2.24) is 15.4 Å². The molecule has 0 aliphatic carbocycles. The predicted octanol–water partition coefficient (Wildman–Crippen LogP) is 1.66. The van der Waals surface area contributed by atoms with Crippen LogP contribution in [0.4, 0.5) is 13.2 Å². The van der Waals surface area contributed by atoms with Crippen LogP contribution in [0.15, 0.2) is 4.52 Å². The number of nitrogens with one attached hydrogen (secondary N) is 1. The van der Waals surface area contributed by atoms with E-state index >= 15 is 0 Å². The molecule has 4 nitrogen and oxygen atoms in total. The number of nitrogens with zero attached hydrogens (tertiary/aromatic N) is 2. The number of alkyl halides is 3. The highest BCUT2D eigenvalue weighted by Crippen LogP contribution is 2.33. The summed E-state index contributed by atoms with van der Waals surface area (Å²) in [7, 11) is 0. The van der Waals surface area contributed by atoms with E-state index in [1.165, 1.54) is 0 Å². The molecule has 1 aromatic heterocycles. The molecule has 1 saturated heterocycles. The van der Waals surface area contributed by atoms with Gasteiger partial charge in [-0.3, -0.25) is 4.90 Å². The Balaban J connectivity index is 2.15. The third-order valence-corrected chi connectivity index (χ3v) is 3.07. The van der Waals surface area contributed by atoms with Gasteiger partial charge in [0.05, 0.1) is 6.54 Å². The standard InChI is InChI=1S/C11H16F3N3O/c1-2-8-9(7-17-5-3-15-4-6-17)18-16-10(8)11(12,13)14/h15H,2-7H2,1H3. The van der Waals surface area contributed by atoms with E-state index in [4.69, 9.17) is 4.52 Å². The molecule has 1 aliphatic rings. The van der Waals surface area contributed by atoms with Crippen molar-refractivity contribution >= 4 is 0 Å². The van der Waals surface area contributed by atoms with Crippen molar-refractivity contribution in [3.63, 3.8) is 0 Å². The third-order valence-electron chi connectivity index (χ3n) is 3.07. The van der Waals surface area contributed by atoms with Gasteiger partial charge < -0.3 is 9.84 Å². The summed E-state index contributed by atoms with van der Waals surface area (Å²) >= 11 is 0. The molecular weight excluding hydrogens is 247 g/mol. The van der Waals surface area contributed by atoms with E-state index in [0.717, 1.165) is 26.2 Å². The molecule has 102 valence electrons. The van der Waals surface area contributed by atoms with Crippen LogP contribution in [-0.4, -0.2) is 36.2 Å². The zero-order valence-corrected chi connectivity index (χ0v) is 10.2. The van der Waals surface area contributed by atoms with E-state index < -0.39 is 11.9 Å². The second-order valence-corrected chi connectivity index (χ2v) is 4.31. The van der Waals surface area contributed by atoms with E-state index in [0.29, 0.717) is 12.3 Å². The summed E-state index contributed by atoms with van der Waals surface area (Å²) in [4.78, 5) is 2.07. The number of rotatable bonds is 3. The first kappa shape index (κ1) is 13.4. The molecule has 0 radical (unpaired) electrons. The lowest BCUT2D eigenvalue weighted by Crippen LogP contribution is -2.42. The average molecular weight is 263 g/mol. The molecule has 0 unspecified atom stereocenters. The topological polar surface area (TPSA) is 41.3 Å². The van der Waals surface area contributed by atoms with E-state index in [9.17, 15) is 13.2 Å². The van der Waals surface area contributed by atoms with Gasteiger partial charge in [-0.1, -0.05) is 12.1 Å². The Morgan fingerprint density at radius 1 is 1.33 bits per heavy atom. The zero-order valence-electron chi connectivity index (χ0n) is 10.2. The van der Waals surface area contributed by atoms with E-state index in [1.54, 1.807) is 6.92 Å². The van der Waals surface area contributed by atoms with E-state index in [1.807, 2.05) is 0 Å². The minimum absolute atomic E-state index is 0.182. The van der Waals surface area contributed by atoms with Gasteiger partial charge in [0, 0.05) is 31.7 Å². The van der Waals surface area contributed by atoms with Gasteiger partial charge in [0.1, 0.15) is 0 Å². The van der Waals surface area contributed by atoms with Crippen LogP contribution in [0.5, 0.6) is 0 Å². The van der Waals surface area contributed by atoms with Gasteiger partial charge >= 0.3 is 6.18 Å². The summed E-state index contributed by atoms with van der Waals surface area (Å²) < 4.78 is 42.9. The Morgan fingerprint density at radius 3 is 2.56 bits per heavy atom. The molecule has 18 heavy (non-hydrogen) atoms. The smallest absolute Gasteiger partial charge is 0.359 e. The maximum Gasteiger partial charge on any atom is 0.437 e. The van der Waals surface area contributed by atoms with Crippen LogP contribution in [-0.2, 0) is 19.1 Å². The van der Waals surface area contributed by atoms with Crippen molar-refractivity contribution < 1.29 is 17.7 Å². The van der Waals surface area contributed by atoms with Crippen LogP contribution in [0.25, 0.3) is 0 Å². The largest absolute Gasteiger partial charge is 0.437 e. The molecule has 1 fully saturated rings. The molecule has 2 rings (SSSR count). The molecule has 0 amide bonds. The molecular formula is C11H16F3N3O. The Morgan fingerprint density at radius 2 is 2.00 bits per heavy atom. The zero-order chi connectivity index (χ0) is 13.2. The Kier molecular flexibility index (Phi) is 3.91. The van der Waals surface area contributed by atoms with Crippen molar-refractivity contribution in [1.29, 1.82) is 0 Å². The van der Waals surface area contributed by atoms with Crippen molar-refractivity contribution in [2.75, 3.05) is 26.2 Å². The number of piperazine rings is 1. The van der Waals surface area contributed by atoms with Crippen LogP contribution in [0.1, 0.15) is 23.9 Å². The van der Waals surface area contributed by atoms with E-state index in [2.05, 4.69) is 15.4 Å². The van der Waals surface area contributed by atoms with Crippen molar-refractivity contribution in [2.45, 2.75) is 26.1 Å². The molecule has 0 bridgehead atoms. The SMILES string of the molecule is CCc1c(C(F)(F)F)noc1CN1CCNCC1. The monoisotopic (exact) mass is 263 g/mol. The fraction of sp³-hybridized carbons (Fsp3) is 0.727. The van der Waals surface area contributed by atoms with Gasteiger partial charge in [0.25, 0.3) is 0 Å². The highest BCUT2D eigenvalue weighted by Gasteiger charge is 2.38. The van der Waals surface area contributed by atoms with Gasteiger partial charge in [-0.15, -0.1) is 0 Å². The highest BCUT2D eigenvalue weighted by molar-refractivity contribution is 5.25. The summed E-state index contributed by atoms with van der Waals surface area (Å²) in [6.07, 6.45) is -4.16. The quantitative estimate of drug-likeness (QED) is 0.900. The first-order valence-electron chi connectivity index (χ1n) is 6.00. The normalized spacial score (nSPS) is 18.2. The second-order valence-electron chi connectivity index (χ2n) is 4.31. The molecule has 0 aromatic carbocycles. The average Bonchev–Trinajstić information content (AvgIpc) is 2.73. The maximum absolute atomic E-state index is 12.7. The molecule has 1 aromatic rings. The molecule has 7 heteroatoms. The molecule has 0 spiro atoms. The van der Waals surface area contributed by atoms with Crippen LogP contribution in [0.2, 0.25) is 0 Å². The Labute approximate surface area is 103 Å². The van der Waals surface area contributed by atoms with Crippen molar-refractivity contribution in [3.8, 4) is 0 Å². The van der Waals surface area contributed by atoms with Crippen molar-refractivity contribution in [2.24, 2.45) is 0 Å². The molecule has 0 saturated carbocycles. The first-order valence-corrected chi connectivity index (χ1v) is 6.00. The van der Waals surface area contributed by atoms with Crippen molar-refractivity contribution in [3.05, 3.63) is 17.0 Å². The highest BCUT2D eigenvalue weighted by atomic mass is 19.4. The minimum Gasteiger partial charge on any atom is -0.359 e. The lowest BCUT2D eigenvalue weighted by Gasteiger charge is -2.26. The number of hydrogen-bond donors (Lipinski definition) is 1. The fourth-order valence-corrected chi connectivity index (χ4v) is 2.13. The van der Waals surface area contributed by atoms with Crippen LogP contribution < -0.4 is 5.32 Å². The molecule has 1 aliphatic heterocycles. The fourth-order valence-electron chi connectivity index (χ4n) is 2.13. The summed E-state index contributed by atoms with van der Waals surface area (Å²) in [5.41, 5.74) is -0.698. The summed E-state index contributed by atoms with van der Waals surface area (Å²) in [5, 5.41) is 6.37. The van der Waals surface area contributed by atoms with Crippen LogP contribution in [0, 0.1) is 0 Å². The maximum atomic E-state index is 12.7. The lowest BCUT2D eigenvalue weighted by atomic mass is 10.1. The second kappa shape index (κ2) is 5.27. The Bertz CT molecular complexity index is 397. The minimum atomic E-state index is -4.43. The third kappa shape index (κ3) is 2.84. The number of aromatic nitrogens is 1. The molecule has 2 heterocycles. The van der Waals surface area contributed by atoms with Gasteiger partial charge in [-0.25, -0.2) is 0 Å². The van der Waals surface area contributed by atoms with Gasteiger partial charge in [-0.2, -0.15) is 13.2 Å². The van der Waals surface area contributed by atoms with Gasteiger partial charge in [-0.05, 0) is 6.42 Å². The predicted molar refractivity (Wildman–Crippen MR) is 59.0 cm³/mol. The van der Waals surface area contributed by atoms with Crippen LogP contribution >= 0.6 is 0 Å². The lowest BCUT2D eigenvalue weighted by molar-refractivity contribution is -0.143. The summed E-state index contributed by atoms with van der Waals surface area (Å²) in [5.74, 6) is 0.340. The van der Waals surface area contributed by atoms with Crippen LogP contribution in [0.3, 0.4) is 0 Å². The molecule has 0 atom stereocenters. The summed E-state index contributed by atoms with van der Waals surface area (Å²) in [6, 6.07) is 0. The van der Waals surface area contributed by atoms with Gasteiger partial charge in [0.2, 0.25) is 0 Å². The Hall–Kier alpha value is -1.08.